The van der Waals surface area contributed by atoms with Crippen molar-refractivity contribution in [3.8, 4) is 11.8 Å². The summed E-state index contributed by atoms with van der Waals surface area (Å²) in [6.45, 7) is 0.382. The van der Waals surface area contributed by atoms with E-state index in [0.29, 0.717) is 22.9 Å². The van der Waals surface area contributed by atoms with Crippen LogP contribution in [0, 0.1) is 11.3 Å². The minimum absolute atomic E-state index is 0.0729. The highest BCUT2D eigenvalue weighted by Crippen LogP contribution is 2.23. The van der Waals surface area contributed by atoms with Gasteiger partial charge in [0.1, 0.15) is 5.75 Å². The number of hydrogen-bond donors (Lipinski definition) is 0. The average molecular weight is 315 g/mol. The molecule has 2 aromatic rings. The van der Waals surface area contributed by atoms with Crippen molar-refractivity contribution < 1.29 is 9.53 Å². The van der Waals surface area contributed by atoms with E-state index in [1.807, 2.05) is 12.1 Å². The van der Waals surface area contributed by atoms with Gasteiger partial charge in [-0.2, -0.15) is 5.26 Å². The number of ether oxygens (including phenoxy) is 1. The largest absolute Gasteiger partial charge is 0.482 e. The van der Waals surface area contributed by atoms with E-state index in [9.17, 15) is 4.79 Å². The molecule has 0 aliphatic heterocycles. The second-order valence-electron chi connectivity index (χ2n) is 4.78. The maximum atomic E-state index is 12.1. The quantitative estimate of drug-likeness (QED) is 0.851. The van der Waals surface area contributed by atoms with E-state index in [2.05, 4.69) is 6.07 Å². The zero-order chi connectivity index (χ0) is 15.9. The van der Waals surface area contributed by atoms with E-state index in [1.165, 1.54) is 0 Å². The van der Waals surface area contributed by atoms with Gasteiger partial charge in [0.05, 0.1) is 16.7 Å². The van der Waals surface area contributed by atoms with Gasteiger partial charge in [0, 0.05) is 13.6 Å². The first-order chi connectivity index (χ1) is 10.6. The predicted molar refractivity (Wildman–Crippen MR) is 84.6 cm³/mol. The van der Waals surface area contributed by atoms with Crippen LogP contribution in [0.2, 0.25) is 5.02 Å². The van der Waals surface area contributed by atoms with Crippen LogP contribution in [0.4, 0.5) is 0 Å². The highest BCUT2D eigenvalue weighted by molar-refractivity contribution is 6.32. The van der Waals surface area contributed by atoms with Crippen LogP contribution in [0.1, 0.15) is 11.1 Å². The molecular weight excluding hydrogens is 300 g/mol. The third-order valence-electron chi connectivity index (χ3n) is 3.12. The molecule has 0 aliphatic carbocycles. The molecule has 0 N–H and O–H groups in total. The molecule has 1 amide bonds. The minimum atomic E-state index is -0.149. The first-order valence-electron chi connectivity index (χ1n) is 6.70. The van der Waals surface area contributed by atoms with Crippen molar-refractivity contribution in [2.45, 2.75) is 6.54 Å². The molecule has 0 fully saturated rings. The zero-order valence-electron chi connectivity index (χ0n) is 12.1. The lowest BCUT2D eigenvalue weighted by Crippen LogP contribution is -2.30. The monoisotopic (exact) mass is 314 g/mol. The second-order valence-corrected chi connectivity index (χ2v) is 5.18. The molecule has 4 nitrogen and oxygen atoms in total. The SMILES string of the molecule is CN(Cc1ccc(C#N)cc1)C(=O)COc1ccccc1Cl. The van der Waals surface area contributed by atoms with Gasteiger partial charge in [0.15, 0.2) is 6.61 Å². The van der Waals surface area contributed by atoms with Gasteiger partial charge < -0.3 is 9.64 Å². The van der Waals surface area contributed by atoms with Crippen molar-refractivity contribution in [2.24, 2.45) is 0 Å². The van der Waals surface area contributed by atoms with Crippen LogP contribution in [0.25, 0.3) is 0 Å². The van der Waals surface area contributed by atoms with Gasteiger partial charge in [0.2, 0.25) is 0 Å². The third kappa shape index (κ3) is 4.24. The molecule has 0 atom stereocenters. The van der Waals surface area contributed by atoms with E-state index >= 15 is 0 Å². The lowest BCUT2D eigenvalue weighted by atomic mass is 10.1. The molecular formula is C17H15ClN2O2. The Kier molecular flexibility index (Phi) is 5.40. The Morgan fingerprint density at radius 3 is 2.55 bits per heavy atom. The van der Waals surface area contributed by atoms with Crippen molar-refractivity contribution >= 4 is 17.5 Å². The first-order valence-corrected chi connectivity index (χ1v) is 7.08. The maximum Gasteiger partial charge on any atom is 0.260 e. The molecule has 0 radical (unpaired) electrons. The number of carbonyl (C=O) groups is 1. The molecule has 2 rings (SSSR count). The molecule has 0 bridgehead atoms. The van der Waals surface area contributed by atoms with Crippen LogP contribution in [0.5, 0.6) is 5.75 Å². The Morgan fingerprint density at radius 1 is 1.23 bits per heavy atom. The molecule has 0 aromatic heterocycles. The second kappa shape index (κ2) is 7.48. The molecule has 112 valence electrons. The van der Waals surface area contributed by atoms with Crippen LogP contribution in [-0.2, 0) is 11.3 Å². The summed E-state index contributed by atoms with van der Waals surface area (Å²) in [4.78, 5) is 13.6. The van der Waals surface area contributed by atoms with Gasteiger partial charge in [-0.15, -0.1) is 0 Å². The summed E-state index contributed by atoms with van der Waals surface area (Å²) in [6, 6.07) is 16.2. The number of likely N-dealkylation sites (N-methyl/N-ethyl adjacent to an activating group) is 1. The Labute approximate surface area is 134 Å². The van der Waals surface area contributed by atoms with Crippen molar-refractivity contribution in [3.05, 3.63) is 64.7 Å². The van der Waals surface area contributed by atoms with Crippen LogP contribution >= 0.6 is 11.6 Å². The Hall–Kier alpha value is -2.51. The highest BCUT2D eigenvalue weighted by atomic mass is 35.5. The van der Waals surface area contributed by atoms with Gasteiger partial charge in [-0.3, -0.25) is 4.79 Å². The van der Waals surface area contributed by atoms with Gasteiger partial charge >= 0.3 is 0 Å². The molecule has 5 heteroatoms. The summed E-state index contributed by atoms with van der Waals surface area (Å²) in [6.07, 6.45) is 0. The number of halogens is 1. The Bertz CT molecular complexity index is 693. The predicted octanol–water partition coefficient (Wildman–Crippen LogP) is 3.25. The number of nitrogens with zero attached hydrogens (tertiary/aromatic N) is 2. The number of amides is 1. The Morgan fingerprint density at radius 2 is 1.91 bits per heavy atom. The molecule has 0 unspecified atom stereocenters. The molecule has 22 heavy (non-hydrogen) atoms. The number of benzene rings is 2. The number of para-hydroxylation sites is 1. The van der Waals surface area contributed by atoms with E-state index in [0.717, 1.165) is 5.56 Å². The van der Waals surface area contributed by atoms with E-state index < -0.39 is 0 Å². The summed E-state index contributed by atoms with van der Waals surface area (Å²) in [5, 5.41) is 9.23. The Balaban J connectivity index is 1.89. The number of rotatable bonds is 5. The first kappa shape index (κ1) is 15.9. The van der Waals surface area contributed by atoms with Crippen molar-refractivity contribution in [3.63, 3.8) is 0 Å². The molecule has 0 heterocycles. The standard InChI is InChI=1S/C17H15ClN2O2/c1-20(11-14-8-6-13(10-19)7-9-14)17(21)12-22-16-5-3-2-4-15(16)18/h2-9H,11-12H2,1H3. The summed E-state index contributed by atoms with van der Waals surface area (Å²) in [5.74, 6) is 0.341. The van der Waals surface area contributed by atoms with Crippen LogP contribution in [0.15, 0.2) is 48.5 Å². The lowest BCUT2D eigenvalue weighted by molar-refractivity contribution is -0.132. The fourth-order valence-electron chi connectivity index (χ4n) is 1.86. The van der Waals surface area contributed by atoms with E-state index in [-0.39, 0.29) is 12.5 Å². The molecule has 2 aromatic carbocycles. The van der Waals surface area contributed by atoms with Gasteiger partial charge in [0.25, 0.3) is 5.91 Å². The number of hydrogen-bond acceptors (Lipinski definition) is 3. The van der Waals surface area contributed by atoms with E-state index in [4.69, 9.17) is 21.6 Å². The molecule has 0 spiro atoms. The molecule has 0 saturated carbocycles. The normalized spacial score (nSPS) is 9.86. The lowest BCUT2D eigenvalue weighted by Gasteiger charge is -2.18. The summed E-state index contributed by atoms with van der Waals surface area (Å²) < 4.78 is 5.43. The summed E-state index contributed by atoms with van der Waals surface area (Å²) in [5.41, 5.74) is 1.55. The molecule has 0 aliphatic rings. The average Bonchev–Trinajstić information content (AvgIpc) is 2.54. The van der Waals surface area contributed by atoms with Gasteiger partial charge in [-0.25, -0.2) is 0 Å². The highest BCUT2D eigenvalue weighted by Gasteiger charge is 2.11. The number of nitriles is 1. The molecule has 0 saturated heterocycles. The zero-order valence-corrected chi connectivity index (χ0v) is 12.9. The van der Waals surface area contributed by atoms with Crippen molar-refractivity contribution in [2.75, 3.05) is 13.7 Å². The fourth-order valence-corrected chi connectivity index (χ4v) is 2.05. The fraction of sp³-hybridized carbons (Fsp3) is 0.176. The van der Waals surface area contributed by atoms with Crippen LogP contribution < -0.4 is 4.74 Å². The van der Waals surface area contributed by atoms with Gasteiger partial charge in [-0.05, 0) is 29.8 Å². The summed E-state index contributed by atoms with van der Waals surface area (Å²) >= 11 is 5.97. The minimum Gasteiger partial charge on any atom is -0.482 e. The van der Waals surface area contributed by atoms with Gasteiger partial charge in [-0.1, -0.05) is 35.9 Å². The number of carbonyl (C=O) groups excluding carboxylic acids is 1. The van der Waals surface area contributed by atoms with Crippen LogP contribution in [0.3, 0.4) is 0 Å². The topological polar surface area (TPSA) is 53.3 Å². The van der Waals surface area contributed by atoms with Crippen molar-refractivity contribution in [1.29, 1.82) is 5.26 Å². The third-order valence-corrected chi connectivity index (χ3v) is 3.43. The van der Waals surface area contributed by atoms with Crippen molar-refractivity contribution in [1.82, 2.24) is 4.90 Å². The van der Waals surface area contributed by atoms with E-state index in [1.54, 1.807) is 48.3 Å². The van der Waals surface area contributed by atoms with Crippen LogP contribution in [-0.4, -0.2) is 24.5 Å². The summed E-state index contributed by atoms with van der Waals surface area (Å²) in [7, 11) is 1.70. The smallest absolute Gasteiger partial charge is 0.260 e. The maximum absolute atomic E-state index is 12.1.